The lowest BCUT2D eigenvalue weighted by atomic mass is 10.1. The van der Waals surface area contributed by atoms with E-state index in [1.165, 1.54) is 17.0 Å². The highest BCUT2D eigenvalue weighted by Crippen LogP contribution is 2.25. The van der Waals surface area contributed by atoms with Crippen LogP contribution in [0.3, 0.4) is 0 Å². The minimum atomic E-state index is -4.10. The molecule has 0 spiro atoms. The Morgan fingerprint density at radius 2 is 1.57 bits per heavy atom. The predicted octanol–water partition coefficient (Wildman–Crippen LogP) is 4.78. The van der Waals surface area contributed by atoms with E-state index in [0.717, 1.165) is 21.9 Å². The summed E-state index contributed by atoms with van der Waals surface area (Å²) < 4.78 is 34.1. The number of aryl methyl sites for hydroxylation is 1. The largest absolute Gasteiger partial charge is 0.497 e. The standard InChI is InChI=1S/C31H39N3O5S/c1-7-24-16-18-26(19-17-24)34(40(37,38)28-14-9-8-10-15-28)22-29(35)33(23(2)30(36)32-31(3,4)5)21-25-12-11-13-27(20-25)39-6/h8-20,23H,7,21-22H2,1-6H3,(H,32,36)/t23-/m0/s1. The Labute approximate surface area is 238 Å². The second-order valence-corrected chi connectivity index (χ2v) is 12.5. The maximum absolute atomic E-state index is 14.0. The lowest BCUT2D eigenvalue weighted by Crippen LogP contribution is -2.54. The molecule has 2 amide bonds. The molecule has 0 aliphatic carbocycles. The number of hydrogen-bond donors (Lipinski definition) is 1. The van der Waals surface area contributed by atoms with Gasteiger partial charge in [0.2, 0.25) is 11.8 Å². The Balaban J connectivity index is 2.04. The van der Waals surface area contributed by atoms with Crippen LogP contribution in [0.5, 0.6) is 5.75 Å². The summed E-state index contributed by atoms with van der Waals surface area (Å²) in [6.45, 7) is 8.84. The molecule has 0 fully saturated rings. The van der Waals surface area contributed by atoms with Crippen molar-refractivity contribution >= 4 is 27.5 Å². The highest BCUT2D eigenvalue weighted by Gasteiger charge is 2.33. The van der Waals surface area contributed by atoms with Crippen LogP contribution in [-0.2, 0) is 32.6 Å². The van der Waals surface area contributed by atoms with Crippen molar-refractivity contribution < 1.29 is 22.7 Å². The van der Waals surface area contributed by atoms with Crippen molar-refractivity contribution in [2.45, 2.75) is 64.1 Å². The molecule has 3 aromatic rings. The van der Waals surface area contributed by atoms with Crippen molar-refractivity contribution in [1.29, 1.82) is 0 Å². The summed E-state index contributed by atoms with van der Waals surface area (Å²) in [5.41, 5.74) is 1.63. The number of ether oxygens (including phenoxy) is 1. The van der Waals surface area contributed by atoms with E-state index >= 15 is 0 Å². The predicted molar refractivity (Wildman–Crippen MR) is 158 cm³/mol. The zero-order valence-corrected chi connectivity index (χ0v) is 24.9. The molecular formula is C31H39N3O5S. The second-order valence-electron chi connectivity index (χ2n) is 10.6. The number of nitrogens with zero attached hydrogens (tertiary/aromatic N) is 2. The average Bonchev–Trinajstić information content (AvgIpc) is 2.93. The van der Waals surface area contributed by atoms with Gasteiger partial charge in [-0.05, 0) is 81.6 Å². The molecule has 40 heavy (non-hydrogen) atoms. The number of nitrogens with one attached hydrogen (secondary N) is 1. The summed E-state index contributed by atoms with van der Waals surface area (Å²) in [5.74, 6) is -0.243. The quantitative estimate of drug-likeness (QED) is 0.361. The van der Waals surface area contributed by atoms with Gasteiger partial charge in [0.15, 0.2) is 0 Å². The molecule has 0 radical (unpaired) electrons. The van der Waals surface area contributed by atoms with Crippen LogP contribution in [-0.4, -0.2) is 50.4 Å². The fourth-order valence-corrected chi connectivity index (χ4v) is 5.61. The van der Waals surface area contributed by atoms with Crippen LogP contribution in [0.15, 0.2) is 83.8 Å². The minimum Gasteiger partial charge on any atom is -0.497 e. The molecule has 3 aromatic carbocycles. The van der Waals surface area contributed by atoms with Crippen LogP contribution >= 0.6 is 0 Å². The van der Waals surface area contributed by atoms with Gasteiger partial charge >= 0.3 is 0 Å². The Bertz CT molecular complexity index is 1400. The van der Waals surface area contributed by atoms with Crippen molar-refractivity contribution in [3.05, 3.63) is 90.0 Å². The fraction of sp³-hybridized carbons (Fsp3) is 0.355. The lowest BCUT2D eigenvalue weighted by molar-refractivity contribution is -0.140. The van der Waals surface area contributed by atoms with E-state index < -0.39 is 34.1 Å². The van der Waals surface area contributed by atoms with Gasteiger partial charge in [0.25, 0.3) is 10.0 Å². The topological polar surface area (TPSA) is 96.0 Å². The molecule has 0 aliphatic heterocycles. The fourth-order valence-electron chi connectivity index (χ4n) is 4.17. The Morgan fingerprint density at radius 1 is 0.925 bits per heavy atom. The summed E-state index contributed by atoms with van der Waals surface area (Å²) in [6.07, 6.45) is 0.791. The maximum Gasteiger partial charge on any atom is 0.264 e. The Kier molecular flexibility index (Phi) is 9.98. The average molecular weight is 566 g/mol. The highest BCUT2D eigenvalue weighted by molar-refractivity contribution is 7.92. The molecule has 0 saturated carbocycles. The number of amides is 2. The number of anilines is 1. The van der Waals surface area contributed by atoms with Crippen LogP contribution in [0.25, 0.3) is 0 Å². The molecule has 9 heteroatoms. The molecular weight excluding hydrogens is 526 g/mol. The van der Waals surface area contributed by atoms with Gasteiger partial charge in [0.1, 0.15) is 18.3 Å². The number of benzene rings is 3. The monoisotopic (exact) mass is 565 g/mol. The van der Waals surface area contributed by atoms with E-state index in [9.17, 15) is 18.0 Å². The zero-order chi connectivity index (χ0) is 29.5. The maximum atomic E-state index is 14.0. The minimum absolute atomic E-state index is 0.0697. The van der Waals surface area contributed by atoms with E-state index in [4.69, 9.17) is 4.74 Å². The van der Waals surface area contributed by atoms with Crippen molar-refractivity contribution in [2.24, 2.45) is 0 Å². The molecule has 0 saturated heterocycles. The Morgan fingerprint density at radius 3 is 2.15 bits per heavy atom. The summed E-state index contributed by atoms with van der Waals surface area (Å²) in [7, 11) is -2.54. The molecule has 1 N–H and O–H groups in total. The van der Waals surface area contributed by atoms with Crippen LogP contribution in [0.2, 0.25) is 0 Å². The lowest BCUT2D eigenvalue weighted by Gasteiger charge is -2.33. The van der Waals surface area contributed by atoms with Gasteiger partial charge in [-0.2, -0.15) is 0 Å². The van der Waals surface area contributed by atoms with E-state index in [0.29, 0.717) is 11.4 Å². The molecule has 214 valence electrons. The number of sulfonamides is 1. The third kappa shape index (κ3) is 7.85. The van der Waals surface area contributed by atoms with E-state index in [1.807, 2.05) is 45.9 Å². The summed E-state index contributed by atoms with van der Waals surface area (Å²) >= 11 is 0. The molecule has 1 atom stereocenters. The van der Waals surface area contributed by atoms with Gasteiger partial charge in [0.05, 0.1) is 17.7 Å². The highest BCUT2D eigenvalue weighted by atomic mass is 32.2. The number of carbonyl (C=O) groups is 2. The van der Waals surface area contributed by atoms with Crippen molar-refractivity contribution in [2.75, 3.05) is 18.0 Å². The second kappa shape index (κ2) is 13.0. The van der Waals surface area contributed by atoms with Crippen LogP contribution in [0.1, 0.15) is 45.7 Å². The van der Waals surface area contributed by atoms with Crippen molar-refractivity contribution in [3.63, 3.8) is 0 Å². The summed E-state index contributed by atoms with van der Waals surface area (Å²) in [4.78, 5) is 28.7. The number of carbonyl (C=O) groups excluding carboxylic acids is 2. The van der Waals surface area contributed by atoms with Crippen molar-refractivity contribution in [1.82, 2.24) is 10.2 Å². The van der Waals surface area contributed by atoms with Gasteiger partial charge in [-0.25, -0.2) is 8.42 Å². The summed E-state index contributed by atoms with van der Waals surface area (Å²) in [6, 6.07) is 21.5. The van der Waals surface area contributed by atoms with Crippen LogP contribution in [0, 0.1) is 0 Å². The molecule has 8 nitrogen and oxygen atoms in total. The summed E-state index contributed by atoms with van der Waals surface area (Å²) in [5, 5.41) is 2.93. The zero-order valence-electron chi connectivity index (χ0n) is 24.0. The van der Waals surface area contributed by atoms with Gasteiger partial charge < -0.3 is 15.0 Å². The first-order valence-electron chi connectivity index (χ1n) is 13.3. The van der Waals surface area contributed by atoms with Gasteiger partial charge in [-0.1, -0.05) is 49.4 Å². The normalized spacial score (nSPS) is 12.3. The van der Waals surface area contributed by atoms with Crippen LogP contribution in [0.4, 0.5) is 5.69 Å². The Hall–Kier alpha value is -3.85. The molecule has 0 unspecified atom stereocenters. The van der Waals surface area contributed by atoms with Crippen LogP contribution < -0.4 is 14.4 Å². The van der Waals surface area contributed by atoms with E-state index in [1.54, 1.807) is 62.6 Å². The number of methoxy groups -OCH3 is 1. The molecule has 0 aromatic heterocycles. The van der Waals surface area contributed by atoms with E-state index in [2.05, 4.69) is 5.32 Å². The molecule has 0 bridgehead atoms. The SMILES string of the molecule is CCc1ccc(N(CC(=O)N(Cc2cccc(OC)c2)[C@@H](C)C(=O)NC(C)(C)C)S(=O)(=O)c2ccccc2)cc1. The molecule has 3 rings (SSSR count). The molecule has 0 heterocycles. The van der Waals surface area contributed by atoms with Gasteiger partial charge in [-0.15, -0.1) is 0 Å². The number of rotatable bonds is 11. The first-order valence-corrected chi connectivity index (χ1v) is 14.7. The number of hydrogen-bond acceptors (Lipinski definition) is 5. The smallest absolute Gasteiger partial charge is 0.264 e. The molecule has 0 aliphatic rings. The first-order chi connectivity index (χ1) is 18.9. The van der Waals surface area contributed by atoms with E-state index in [-0.39, 0.29) is 17.3 Å². The van der Waals surface area contributed by atoms with Gasteiger partial charge in [0, 0.05) is 12.1 Å². The first kappa shape index (κ1) is 30.7. The third-order valence-electron chi connectivity index (χ3n) is 6.40. The third-order valence-corrected chi connectivity index (χ3v) is 8.18. The van der Waals surface area contributed by atoms with Gasteiger partial charge in [-0.3, -0.25) is 13.9 Å². The van der Waals surface area contributed by atoms with Crippen molar-refractivity contribution in [3.8, 4) is 5.75 Å².